The van der Waals surface area contributed by atoms with Crippen molar-refractivity contribution in [1.29, 1.82) is 10.5 Å². The number of benzene rings is 1. The number of carbonyl (C=O) groups is 1. The molecule has 2 rings (SSSR count). The second-order valence-electron chi connectivity index (χ2n) is 5.08. The first-order valence-corrected chi connectivity index (χ1v) is 6.73. The van der Waals surface area contributed by atoms with Gasteiger partial charge in [0.05, 0.1) is 16.8 Å². The number of piperazine rings is 1. The molecule has 108 valence electrons. The minimum atomic E-state index is -0.0104. The van der Waals surface area contributed by atoms with Gasteiger partial charge in [0.2, 0.25) is 0 Å². The molecule has 0 radical (unpaired) electrons. The number of urea groups is 1. The lowest BCUT2D eigenvalue weighted by Crippen LogP contribution is -2.51. The van der Waals surface area contributed by atoms with E-state index in [0.29, 0.717) is 43.0 Å². The van der Waals surface area contributed by atoms with Crippen LogP contribution in [0.3, 0.4) is 0 Å². The molecule has 1 aromatic rings. The second-order valence-corrected chi connectivity index (χ2v) is 5.08. The fraction of sp³-hybridized carbons (Fsp3) is 0.400. The zero-order valence-electron chi connectivity index (χ0n) is 12.2. The largest absolute Gasteiger partial charge is 0.366 e. The smallest absolute Gasteiger partial charge is 0.319 e. The molecule has 0 aromatic heterocycles. The fourth-order valence-electron chi connectivity index (χ4n) is 2.47. The molecule has 1 aliphatic heterocycles. The number of rotatable bonds is 1. The Hall–Kier alpha value is -2.73. The van der Waals surface area contributed by atoms with Crippen LogP contribution in [0.15, 0.2) is 18.2 Å². The molecule has 6 nitrogen and oxygen atoms in total. The molecule has 0 spiro atoms. The number of hydrogen-bond donors (Lipinski definition) is 0. The standard InChI is InChI=1S/C15H17N5O/c1-18(2)15(21)20-8-6-19(7-9-20)14-12(10-16)4-3-5-13(14)11-17/h3-5H,6-9H2,1-2H3. The van der Waals surface area contributed by atoms with Gasteiger partial charge in [0.15, 0.2) is 0 Å². The first-order valence-electron chi connectivity index (χ1n) is 6.73. The Kier molecular flexibility index (Phi) is 4.30. The summed E-state index contributed by atoms with van der Waals surface area (Å²) in [6.07, 6.45) is 0. The van der Waals surface area contributed by atoms with Gasteiger partial charge < -0.3 is 14.7 Å². The lowest BCUT2D eigenvalue weighted by Gasteiger charge is -2.37. The molecule has 0 N–H and O–H groups in total. The van der Waals surface area contributed by atoms with Gasteiger partial charge in [-0.05, 0) is 12.1 Å². The zero-order chi connectivity index (χ0) is 15.4. The van der Waals surface area contributed by atoms with Crippen LogP contribution < -0.4 is 4.90 Å². The van der Waals surface area contributed by atoms with Crippen LogP contribution in [-0.4, -0.2) is 56.1 Å². The van der Waals surface area contributed by atoms with Crippen molar-refractivity contribution in [2.45, 2.75) is 0 Å². The molecule has 1 aliphatic rings. The van der Waals surface area contributed by atoms with Gasteiger partial charge in [0.25, 0.3) is 0 Å². The van der Waals surface area contributed by atoms with Crippen molar-refractivity contribution in [3.05, 3.63) is 29.3 Å². The molecule has 2 amide bonds. The Morgan fingerprint density at radius 1 is 1.10 bits per heavy atom. The summed E-state index contributed by atoms with van der Waals surface area (Å²) in [5.74, 6) is 0. The maximum absolute atomic E-state index is 11.9. The van der Waals surface area contributed by atoms with Crippen LogP contribution >= 0.6 is 0 Å². The average Bonchev–Trinajstić information content (AvgIpc) is 2.53. The molecular formula is C15H17N5O. The molecule has 0 bridgehead atoms. The molecule has 1 heterocycles. The topological polar surface area (TPSA) is 74.4 Å². The molecule has 0 saturated carbocycles. The molecule has 0 aliphatic carbocycles. The monoisotopic (exact) mass is 283 g/mol. The molecule has 6 heteroatoms. The van der Waals surface area contributed by atoms with Gasteiger partial charge in [-0.25, -0.2) is 4.79 Å². The van der Waals surface area contributed by atoms with Crippen LogP contribution in [0.5, 0.6) is 0 Å². The minimum absolute atomic E-state index is 0.0104. The quantitative estimate of drug-likeness (QED) is 0.777. The third-order valence-corrected chi connectivity index (χ3v) is 3.53. The van der Waals surface area contributed by atoms with Crippen LogP contribution in [0.1, 0.15) is 11.1 Å². The van der Waals surface area contributed by atoms with E-state index in [-0.39, 0.29) is 6.03 Å². The summed E-state index contributed by atoms with van der Waals surface area (Å²) >= 11 is 0. The van der Waals surface area contributed by atoms with E-state index in [1.54, 1.807) is 42.1 Å². The summed E-state index contributed by atoms with van der Waals surface area (Å²) in [6, 6.07) is 9.41. The average molecular weight is 283 g/mol. The summed E-state index contributed by atoms with van der Waals surface area (Å²) in [6.45, 7) is 2.41. The van der Waals surface area contributed by atoms with Crippen molar-refractivity contribution in [2.75, 3.05) is 45.2 Å². The third-order valence-electron chi connectivity index (χ3n) is 3.53. The maximum atomic E-state index is 11.9. The van der Waals surface area contributed by atoms with Crippen molar-refractivity contribution < 1.29 is 4.79 Å². The summed E-state index contributed by atoms with van der Waals surface area (Å²) in [5.41, 5.74) is 1.68. The van der Waals surface area contributed by atoms with Crippen molar-refractivity contribution in [3.8, 4) is 12.1 Å². The maximum Gasteiger partial charge on any atom is 0.319 e. The van der Waals surface area contributed by atoms with E-state index in [1.807, 2.05) is 4.90 Å². The molecule has 0 atom stereocenters. The highest BCUT2D eigenvalue weighted by atomic mass is 16.2. The lowest BCUT2D eigenvalue weighted by atomic mass is 10.1. The molecule has 1 saturated heterocycles. The Morgan fingerprint density at radius 2 is 1.62 bits per heavy atom. The van der Waals surface area contributed by atoms with Crippen LogP contribution in [0.2, 0.25) is 0 Å². The van der Waals surface area contributed by atoms with Gasteiger partial charge in [0, 0.05) is 40.3 Å². The van der Waals surface area contributed by atoms with Crippen molar-refractivity contribution in [3.63, 3.8) is 0 Å². The highest BCUT2D eigenvalue weighted by molar-refractivity contribution is 5.74. The molecule has 1 fully saturated rings. The third kappa shape index (κ3) is 2.90. The number of nitriles is 2. The van der Waals surface area contributed by atoms with Gasteiger partial charge in [0.1, 0.15) is 12.1 Å². The summed E-state index contributed by atoms with van der Waals surface area (Å²) in [5, 5.41) is 18.4. The van der Waals surface area contributed by atoms with E-state index in [9.17, 15) is 15.3 Å². The number of carbonyl (C=O) groups excluding carboxylic acids is 1. The van der Waals surface area contributed by atoms with Gasteiger partial charge in [-0.3, -0.25) is 0 Å². The van der Waals surface area contributed by atoms with E-state index < -0.39 is 0 Å². The van der Waals surface area contributed by atoms with Gasteiger partial charge in [-0.2, -0.15) is 10.5 Å². The highest BCUT2D eigenvalue weighted by Crippen LogP contribution is 2.26. The van der Waals surface area contributed by atoms with Crippen LogP contribution in [0.4, 0.5) is 10.5 Å². The molecule has 21 heavy (non-hydrogen) atoms. The Morgan fingerprint density at radius 3 is 2.05 bits per heavy atom. The number of amides is 2. The molecule has 1 aromatic carbocycles. The molecule has 0 unspecified atom stereocenters. The van der Waals surface area contributed by atoms with Gasteiger partial charge >= 0.3 is 6.03 Å². The predicted molar refractivity (Wildman–Crippen MR) is 78.7 cm³/mol. The number of hydrogen-bond acceptors (Lipinski definition) is 4. The van der Waals surface area contributed by atoms with E-state index in [0.717, 1.165) is 0 Å². The van der Waals surface area contributed by atoms with Crippen LogP contribution in [-0.2, 0) is 0 Å². The second kappa shape index (κ2) is 6.15. The van der Waals surface area contributed by atoms with Crippen LogP contribution in [0, 0.1) is 22.7 Å². The lowest BCUT2D eigenvalue weighted by molar-refractivity contribution is 0.168. The number of para-hydroxylation sites is 1. The zero-order valence-corrected chi connectivity index (χ0v) is 12.2. The molecular weight excluding hydrogens is 266 g/mol. The van der Waals surface area contributed by atoms with E-state index in [4.69, 9.17) is 0 Å². The number of anilines is 1. The van der Waals surface area contributed by atoms with Crippen LogP contribution in [0.25, 0.3) is 0 Å². The Labute approximate surface area is 124 Å². The fourth-order valence-corrected chi connectivity index (χ4v) is 2.47. The SMILES string of the molecule is CN(C)C(=O)N1CCN(c2c(C#N)cccc2C#N)CC1. The normalized spacial score (nSPS) is 14.3. The van der Waals surface area contributed by atoms with Crippen molar-refractivity contribution in [2.24, 2.45) is 0 Å². The Bertz CT molecular complexity index is 586. The minimum Gasteiger partial charge on any atom is -0.366 e. The van der Waals surface area contributed by atoms with E-state index in [1.165, 1.54) is 0 Å². The predicted octanol–water partition coefficient (Wildman–Crippen LogP) is 1.23. The first kappa shape index (κ1) is 14.7. The first-order chi connectivity index (χ1) is 10.1. The summed E-state index contributed by atoms with van der Waals surface area (Å²) < 4.78 is 0. The number of nitrogens with zero attached hydrogens (tertiary/aromatic N) is 5. The van der Waals surface area contributed by atoms with Gasteiger partial charge in [-0.1, -0.05) is 6.07 Å². The van der Waals surface area contributed by atoms with Gasteiger partial charge in [-0.15, -0.1) is 0 Å². The van der Waals surface area contributed by atoms with E-state index in [2.05, 4.69) is 12.1 Å². The van der Waals surface area contributed by atoms with Crippen molar-refractivity contribution >= 4 is 11.7 Å². The Balaban J connectivity index is 2.19. The summed E-state index contributed by atoms with van der Waals surface area (Å²) in [4.78, 5) is 17.3. The highest BCUT2D eigenvalue weighted by Gasteiger charge is 2.25. The summed E-state index contributed by atoms with van der Waals surface area (Å²) in [7, 11) is 3.46. The van der Waals surface area contributed by atoms with Crippen molar-refractivity contribution in [1.82, 2.24) is 9.80 Å². The van der Waals surface area contributed by atoms with E-state index >= 15 is 0 Å².